The lowest BCUT2D eigenvalue weighted by atomic mass is 10.2. The second-order valence-corrected chi connectivity index (χ2v) is 5.86. The molecule has 2 aromatic carbocycles. The van der Waals surface area contributed by atoms with Gasteiger partial charge in [0.05, 0.1) is 6.26 Å². The van der Waals surface area contributed by atoms with E-state index in [9.17, 15) is 4.79 Å². The van der Waals surface area contributed by atoms with Crippen LogP contribution in [0.2, 0.25) is 0 Å². The van der Waals surface area contributed by atoms with Crippen LogP contribution in [0.15, 0.2) is 75.8 Å². The van der Waals surface area contributed by atoms with Crippen LogP contribution in [0.4, 0.5) is 5.69 Å². The van der Waals surface area contributed by atoms with Crippen molar-refractivity contribution in [2.24, 2.45) is 0 Å². The number of oxazole rings is 1. The molecule has 2 aromatic heterocycles. The first-order valence-corrected chi connectivity index (χ1v) is 8.22. The molecule has 0 unspecified atom stereocenters. The molecule has 0 radical (unpaired) electrons. The van der Waals surface area contributed by atoms with E-state index in [4.69, 9.17) is 21.1 Å². The molecule has 6 nitrogen and oxygen atoms in total. The summed E-state index contributed by atoms with van der Waals surface area (Å²) in [6.07, 6.45) is 1.42. The first-order valence-electron chi connectivity index (χ1n) is 7.81. The zero-order chi connectivity index (χ0) is 17.9. The van der Waals surface area contributed by atoms with Crippen molar-refractivity contribution in [3.63, 3.8) is 0 Å². The Kier molecular flexibility index (Phi) is 4.20. The van der Waals surface area contributed by atoms with Crippen LogP contribution < -0.4 is 10.6 Å². The third-order valence-electron chi connectivity index (χ3n) is 3.64. The number of nitrogens with one attached hydrogen (secondary N) is 2. The van der Waals surface area contributed by atoms with E-state index in [1.807, 2.05) is 30.3 Å². The van der Waals surface area contributed by atoms with E-state index >= 15 is 0 Å². The summed E-state index contributed by atoms with van der Waals surface area (Å²) in [6.45, 7) is 0. The quantitative estimate of drug-likeness (QED) is 0.531. The number of benzene rings is 2. The maximum Gasteiger partial charge on any atom is 0.293 e. The van der Waals surface area contributed by atoms with Gasteiger partial charge in [-0.1, -0.05) is 18.2 Å². The molecule has 0 saturated carbocycles. The van der Waals surface area contributed by atoms with Crippen molar-refractivity contribution < 1.29 is 13.6 Å². The smallest absolute Gasteiger partial charge is 0.293 e. The van der Waals surface area contributed by atoms with Gasteiger partial charge in [-0.25, -0.2) is 4.98 Å². The predicted octanol–water partition coefficient (Wildman–Crippen LogP) is 4.21. The zero-order valence-corrected chi connectivity index (χ0v) is 14.2. The molecule has 0 bridgehead atoms. The van der Waals surface area contributed by atoms with Crippen LogP contribution in [-0.2, 0) is 0 Å². The molecule has 0 saturated heterocycles. The monoisotopic (exact) mass is 363 g/mol. The Balaban J connectivity index is 1.50. The van der Waals surface area contributed by atoms with Gasteiger partial charge in [0, 0.05) is 11.3 Å². The van der Waals surface area contributed by atoms with Crippen molar-refractivity contribution in [3.8, 4) is 11.5 Å². The van der Waals surface area contributed by atoms with Gasteiger partial charge >= 0.3 is 0 Å². The first kappa shape index (κ1) is 16.0. The molecule has 2 N–H and O–H groups in total. The van der Waals surface area contributed by atoms with Gasteiger partial charge in [0.1, 0.15) is 5.52 Å². The van der Waals surface area contributed by atoms with Crippen molar-refractivity contribution in [2.45, 2.75) is 0 Å². The Labute approximate surface area is 153 Å². The van der Waals surface area contributed by atoms with E-state index in [0.29, 0.717) is 22.7 Å². The lowest BCUT2D eigenvalue weighted by Crippen LogP contribution is -2.33. The SMILES string of the molecule is O=C(NC(=S)Nc1ccc2oc(-c3ccccc3)nc2c1)c1ccco1. The number of anilines is 1. The van der Waals surface area contributed by atoms with Crippen LogP contribution in [0.3, 0.4) is 0 Å². The first-order chi connectivity index (χ1) is 12.7. The standard InChI is InChI=1S/C19H13N3O3S/c23-17(16-7-4-10-24-16)22-19(26)20-13-8-9-15-14(11-13)21-18(25-15)12-5-2-1-3-6-12/h1-11H,(H2,20,22,23,26). The van der Waals surface area contributed by atoms with Crippen LogP contribution >= 0.6 is 12.2 Å². The molecule has 1 amide bonds. The number of furan rings is 1. The van der Waals surface area contributed by atoms with Crippen molar-refractivity contribution in [2.75, 3.05) is 5.32 Å². The molecular weight excluding hydrogens is 350 g/mol. The Hall–Kier alpha value is -3.45. The molecule has 0 spiro atoms. The van der Waals surface area contributed by atoms with Gasteiger partial charge in [-0.15, -0.1) is 0 Å². The molecule has 4 aromatic rings. The van der Waals surface area contributed by atoms with E-state index in [-0.39, 0.29) is 10.9 Å². The van der Waals surface area contributed by atoms with Gasteiger partial charge < -0.3 is 14.2 Å². The molecule has 0 aliphatic heterocycles. The summed E-state index contributed by atoms with van der Waals surface area (Å²) in [5.41, 5.74) is 2.95. The molecule has 0 aliphatic carbocycles. The number of amides is 1. The second kappa shape index (κ2) is 6.81. The predicted molar refractivity (Wildman–Crippen MR) is 102 cm³/mol. The summed E-state index contributed by atoms with van der Waals surface area (Å²) in [5, 5.41) is 5.67. The van der Waals surface area contributed by atoms with E-state index < -0.39 is 5.91 Å². The van der Waals surface area contributed by atoms with Gasteiger partial charge in [0.2, 0.25) is 5.89 Å². The lowest BCUT2D eigenvalue weighted by Gasteiger charge is -2.08. The van der Waals surface area contributed by atoms with Crippen molar-refractivity contribution in [1.82, 2.24) is 10.3 Å². The number of carbonyl (C=O) groups is 1. The van der Waals surface area contributed by atoms with Gasteiger partial charge in [0.15, 0.2) is 16.5 Å². The van der Waals surface area contributed by atoms with Gasteiger partial charge in [-0.3, -0.25) is 10.1 Å². The summed E-state index contributed by atoms with van der Waals surface area (Å²) < 4.78 is 10.8. The Morgan fingerprint density at radius 1 is 1.04 bits per heavy atom. The molecular formula is C19H13N3O3S. The van der Waals surface area contributed by atoms with Crippen molar-refractivity contribution in [3.05, 3.63) is 72.7 Å². The largest absolute Gasteiger partial charge is 0.459 e. The third kappa shape index (κ3) is 3.33. The van der Waals surface area contributed by atoms with Gasteiger partial charge in [-0.2, -0.15) is 0 Å². The topological polar surface area (TPSA) is 80.3 Å². The van der Waals surface area contributed by atoms with Crippen molar-refractivity contribution >= 4 is 40.0 Å². The van der Waals surface area contributed by atoms with Crippen LogP contribution in [0.1, 0.15) is 10.6 Å². The highest BCUT2D eigenvalue weighted by Gasteiger charge is 2.12. The summed E-state index contributed by atoms with van der Waals surface area (Å²) >= 11 is 5.16. The Morgan fingerprint density at radius 2 is 1.88 bits per heavy atom. The van der Waals surface area contributed by atoms with E-state index in [2.05, 4.69) is 15.6 Å². The van der Waals surface area contributed by atoms with Crippen molar-refractivity contribution in [1.29, 1.82) is 0 Å². The van der Waals surface area contributed by atoms with Gasteiger partial charge in [-0.05, 0) is 54.7 Å². The number of fused-ring (bicyclic) bond motifs is 1. The highest BCUT2D eigenvalue weighted by atomic mass is 32.1. The maximum atomic E-state index is 11.9. The molecule has 2 heterocycles. The minimum Gasteiger partial charge on any atom is -0.459 e. The molecule has 4 rings (SSSR count). The highest BCUT2D eigenvalue weighted by Crippen LogP contribution is 2.26. The van der Waals surface area contributed by atoms with Crippen LogP contribution in [0, 0.1) is 0 Å². The average Bonchev–Trinajstić information content (AvgIpc) is 3.32. The fourth-order valence-electron chi connectivity index (χ4n) is 2.44. The normalized spacial score (nSPS) is 10.6. The third-order valence-corrected chi connectivity index (χ3v) is 3.84. The highest BCUT2D eigenvalue weighted by molar-refractivity contribution is 7.80. The van der Waals surface area contributed by atoms with Crippen LogP contribution in [-0.4, -0.2) is 16.0 Å². The fraction of sp³-hybridized carbons (Fsp3) is 0. The van der Waals surface area contributed by atoms with Crippen LogP contribution in [0.25, 0.3) is 22.6 Å². The lowest BCUT2D eigenvalue weighted by molar-refractivity contribution is 0.0950. The number of rotatable bonds is 3. The van der Waals surface area contributed by atoms with Crippen LogP contribution in [0.5, 0.6) is 0 Å². The number of aromatic nitrogens is 1. The van der Waals surface area contributed by atoms with E-state index in [0.717, 1.165) is 5.56 Å². The maximum absolute atomic E-state index is 11.9. The minimum atomic E-state index is -0.415. The number of thiocarbonyl (C=S) groups is 1. The number of carbonyl (C=O) groups excluding carboxylic acids is 1. The van der Waals surface area contributed by atoms with Gasteiger partial charge in [0.25, 0.3) is 5.91 Å². The number of hydrogen-bond acceptors (Lipinski definition) is 5. The molecule has 26 heavy (non-hydrogen) atoms. The Bertz CT molecular complexity index is 1070. The summed E-state index contributed by atoms with van der Waals surface area (Å²) in [6, 6.07) is 18.3. The van der Waals surface area contributed by atoms with E-state index in [1.54, 1.807) is 30.3 Å². The summed E-state index contributed by atoms with van der Waals surface area (Å²) in [7, 11) is 0. The molecule has 0 aliphatic rings. The Morgan fingerprint density at radius 3 is 2.65 bits per heavy atom. The van der Waals surface area contributed by atoms with E-state index in [1.165, 1.54) is 6.26 Å². The molecule has 128 valence electrons. The zero-order valence-electron chi connectivity index (χ0n) is 13.4. The summed E-state index contributed by atoms with van der Waals surface area (Å²) in [4.78, 5) is 16.4. The fourth-order valence-corrected chi connectivity index (χ4v) is 2.65. The molecule has 7 heteroatoms. The summed E-state index contributed by atoms with van der Waals surface area (Å²) in [5.74, 6) is 0.321. The average molecular weight is 363 g/mol. The minimum absolute atomic E-state index is 0.164. The molecule has 0 fully saturated rings. The molecule has 0 atom stereocenters. The number of nitrogens with zero attached hydrogens (tertiary/aromatic N) is 1. The second-order valence-electron chi connectivity index (χ2n) is 5.45. The number of hydrogen-bond donors (Lipinski definition) is 2.